The van der Waals surface area contributed by atoms with Crippen LogP contribution < -0.4 is 16.0 Å². The topological polar surface area (TPSA) is 170 Å². The number of ether oxygens (including phenoxy) is 1. The van der Waals surface area contributed by atoms with E-state index in [1.54, 1.807) is 24.4 Å². The van der Waals surface area contributed by atoms with Crippen molar-refractivity contribution < 1.29 is 34.1 Å². The second-order valence-electron chi connectivity index (χ2n) is 8.12. The first-order valence-electron chi connectivity index (χ1n) is 11.2. The van der Waals surface area contributed by atoms with Gasteiger partial charge in [0.1, 0.15) is 18.5 Å². The second-order valence-corrected chi connectivity index (χ2v) is 8.93. The first-order chi connectivity index (χ1) is 17.7. The maximum Gasteiger partial charge on any atom is 0.407 e. The number of benzene rings is 1. The molecule has 37 heavy (non-hydrogen) atoms. The Balaban J connectivity index is 1.47. The van der Waals surface area contributed by atoms with Crippen molar-refractivity contribution >= 4 is 52.9 Å². The number of rotatable bonds is 11. The number of nitrogens with zero attached hydrogens (tertiary/aromatic N) is 2. The molecule has 12 nitrogen and oxygen atoms in total. The van der Waals surface area contributed by atoms with Gasteiger partial charge in [0, 0.05) is 19.3 Å². The highest BCUT2D eigenvalue weighted by Crippen LogP contribution is 2.24. The van der Waals surface area contributed by atoms with Gasteiger partial charge in [0.05, 0.1) is 34.3 Å². The summed E-state index contributed by atoms with van der Waals surface area (Å²) < 4.78 is 5.57. The van der Waals surface area contributed by atoms with Crippen molar-refractivity contribution in [3.8, 4) is 0 Å². The number of likely N-dealkylation sites (tertiary alicyclic amines) is 1. The van der Waals surface area contributed by atoms with Crippen LogP contribution in [0.3, 0.4) is 0 Å². The predicted octanol–water partition coefficient (Wildman–Crippen LogP) is 1.94. The van der Waals surface area contributed by atoms with Crippen LogP contribution in [0.1, 0.15) is 16.8 Å². The lowest BCUT2D eigenvalue weighted by atomic mass is 10.2. The molecule has 3 amide bonds. The highest BCUT2D eigenvalue weighted by atomic mass is 35.5. The Kier molecular flexibility index (Phi) is 9.89. The Morgan fingerprint density at radius 1 is 1.11 bits per heavy atom. The van der Waals surface area contributed by atoms with E-state index < -0.39 is 55.2 Å². The minimum Gasteiger partial charge on any atom is -0.480 e. The van der Waals surface area contributed by atoms with E-state index in [-0.39, 0.29) is 22.2 Å². The monoisotopic (exact) mass is 553 g/mol. The molecular weight excluding hydrogens is 529 g/mol. The average Bonchev–Trinajstić information content (AvgIpc) is 3.28. The molecule has 0 bridgehead atoms. The molecule has 0 radical (unpaired) electrons. The summed E-state index contributed by atoms with van der Waals surface area (Å²) in [7, 11) is 0. The van der Waals surface area contributed by atoms with Gasteiger partial charge in [0.15, 0.2) is 0 Å². The fourth-order valence-corrected chi connectivity index (χ4v) is 4.29. The predicted molar refractivity (Wildman–Crippen MR) is 134 cm³/mol. The molecule has 3 atom stereocenters. The summed E-state index contributed by atoms with van der Waals surface area (Å²) in [6, 6.07) is 7.88. The summed E-state index contributed by atoms with van der Waals surface area (Å²) in [6.07, 6.45) is 0.325. The number of carboxylic acids is 1. The fraction of sp³-hybridized carbons (Fsp3) is 0.348. The van der Waals surface area contributed by atoms with Crippen molar-refractivity contribution in [2.45, 2.75) is 24.6 Å². The maximum absolute atomic E-state index is 12.5. The van der Waals surface area contributed by atoms with Crippen LogP contribution in [-0.4, -0.2) is 88.4 Å². The molecule has 0 saturated carbocycles. The lowest BCUT2D eigenvalue weighted by Gasteiger charge is -2.21. The van der Waals surface area contributed by atoms with Crippen molar-refractivity contribution in [3.05, 3.63) is 58.2 Å². The number of amides is 3. The van der Waals surface area contributed by atoms with Crippen LogP contribution in [0.25, 0.3) is 0 Å². The number of hydrogen-bond acceptors (Lipinski definition) is 7. The Morgan fingerprint density at radius 2 is 1.84 bits per heavy atom. The van der Waals surface area contributed by atoms with E-state index in [2.05, 4.69) is 20.9 Å². The zero-order valence-corrected chi connectivity index (χ0v) is 20.9. The van der Waals surface area contributed by atoms with Crippen LogP contribution in [0.15, 0.2) is 42.6 Å². The molecule has 3 unspecified atom stereocenters. The highest BCUT2D eigenvalue weighted by molar-refractivity contribution is 6.39. The van der Waals surface area contributed by atoms with Crippen LogP contribution in [0.4, 0.5) is 10.6 Å². The number of aromatic nitrogens is 1. The molecule has 1 aromatic carbocycles. The van der Waals surface area contributed by atoms with Crippen LogP contribution in [0, 0.1) is 0 Å². The number of carboxylic acid groups (broad SMARTS) is 2. The van der Waals surface area contributed by atoms with Crippen LogP contribution >= 0.6 is 23.2 Å². The summed E-state index contributed by atoms with van der Waals surface area (Å²) in [5.41, 5.74) is -0.0805. The Labute approximate surface area is 221 Å². The molecule has 1 saturated heterocycles. The molecule has 2 aromatic rings. The number of carbonyl (C=O) groups is 4. The third-order valence-electron chi connectivity index (χ3n) is 5.55. The molecule has 1 aliphatic rings. The van der Waals surface area contributed by atoms with Gasteiger partial charge in [-0.05, 0) is 30.7 Å². The van der Waals surface area contributed by atoms with Gasteiger partial charge in [-0.25, -0.2) is 14.6 Å². The number of pyridine rings is 1. The van der Waals surface area contributed by atoms with Crippen molar-refractivity contribution in [2.75, 3.05) is 31.6 Å². The summed E-state index contributed by atoms with van der Waals surface area (Å²) >= 11 is 12.0. The third kappa shape index (κ3) is 7.94. The molecule has 0 aliphatic carbocycles. The molecule has 5 N–H and O–H groups in total. The Hall–Kier alpha value is -3.61. The van der Waals surface area contributed by atoms with E-state index in [0.717, 1.165) is 0 Å². The van der Waals surface area contributed by atoms with Gasteiger partial charge in [0.2, 0.25) is 5.91 Å². The minimum atomic E-state index is -1.46. The van der Waals surface area contributed by atoms with E-state index >= 15 is 0 Å². The zero-order chi connectivity index (χ0) is 26.9. The Bertz CT molecular complexity index is 1120. The van der Waals surface area contributed by atoms with Gasteiger partial charge < -0.3 is 35.8 Å². The minimum absolute atomic E-state index is 0.0482. The molecule has 1 fully saturated rings. The largest absolute Gasteiger partial charge is 0.480 e. The van der Waals surface area contributed by atoms with Gasteiger partial charge in [0.25, 0.3) is 5.91 Å². The standard InChI is InChI=1S/C23H25Cl2N5O7/c24-15-4-3-5-16(25)20(15)21(32)29-17(22(33)34)10-28-19(31)12-37-14-8-13(30(11-14)23(35)36)9-27-18-6-1-2-7-26-18/h1-7,13-14,17H,8-12H2,(H,26,27)(H,28,31)(H,29,32)(H,33,34)(H,35,36). The zero-order valence-electron chi connectivity index (χ0n) is 19.4. The normalized spacial score (nSPS) is 17.6. The molecule has 198 valence electrons. The van der Waals surface area contributed by atoms with Gasteiger partial charge >= 0.3 is 12.1 Å². The lowest BCUT2D eigenvalue weighted by molar-refractivity contribution is -0.139. The van der Waals surface area contributed by atoms with Crippen molar-refractivity contribution in [3.63, 3.8) is 0 Å². The first-order valence-corrected chi connectivity index (χ1v) is 11.9. The van der Waals surface area contributed by atoms with E-state index in [1.807, 2.05) is 0 Å². The average molecular weight is 554 g/mol. The quantitative estimate of drug-likeness (QED) is 0.279. The summed E-state index contributed by atoms with van der Waals surface area (Å²) in [4.78, 5) is 53.3. The van der Waals surface area contributed by atoms with Gasteiger partial charge in [-0.1, -0.05) is 35.3 Å². The van der Waals surface area contributed by atoms with E-state index in [4.69, 9.17) is 27.9 Å². The highest BCUT2D eigenvalue weighted by Gasteiger charge is 2.36. The van der Waals surface area contributed by atoms with Gasteiger partial charge in [-0.15, -0.1) is 0 Å². The van der Waals surface area contributed by atoms with Crippen LogP contribution in [-0.2, 0) is 14.3 Å². The van der Waals surface area contributed by atoms with Gasteiger partial charge in [-0.2, -0.15) is 0 Å². The molecular formula is C23H25Cl2N5O7. The number of carbonyl (C=O) groups excluding carboxylic acids is 2. The van der Waals surface area contributed by atoms with Crippen molar-refractivity contribution in [1.82, 2.24) is 20.5 Å². The van der Waals surface area contributed by atoms with E-state index in [9.17, 15) is 29.4 Å². The summed E-state index contributed by atoms with van der Waals surface area (Å²) in [5, 5.41) is 26.8. The maximum atomic E-state index is 12.5. The smallest absolute Gasteiger partial charge is 0.407 e. The van der Waals surface area contributed by atoms with Crippen molar-refractivity contribution in [1.29, 1.82) is 0 Å². The van der Waals surface area contributed by atoms with E-state index in [1.165, 1.54) is 23.1 Å². The Morgan fingerprint density at radius 3 is 2.46 bits per heavy atom. The fourth-order valence-electron chi connectivity index (χ4n) is 3.72. The van der Waals surface area contributed by atoms with Crippen molar-refractivity contribution in [2.24, 2.45) is 0 Å². The van der Waals surface area contributed by atoms with E-state index in [0.29, 0.717) is 18.8 Å². The number of halogens is 2. The lowest BCUT2D eigenvalue weighted by Crippen LogP contribution is -2.49. The molecule has 2 heterocycles. The molecule has 1 aliphatic heterocycles. The molecule has 3 rings (SSSR count). The van der Waals surface area contributed by atoms with Gasteiger partial charge in [-0.3, -0.25) is 9.59 Å². The molecule has 0 spiro atoms. The number of aliphatic carboxylic acids is 1. The summed E-state index contributed by atoms with van der Waals surface area (Å²) in [5.74, 6) is -2.21. The first kappa shape index (κ1) is 28.0. The van der Waals surface area contributed by atoms with Crippen LogP contribution in [0.2, 0.25) is 10.0 Å². The number of hydrogen-bond donors (Lipinski definition) is 5. The van der Waals surface area contributed by atoms with Crippen LogP contribution in [0.5, 0.6) is 0 Å². The SMILES string of the molecule is O=C(COC1CC(CNc2ccccn2)N(C(=O)O)C1)NCC(NC(=O)c1c(Cl)cccc1Cl)C(=O)O. The molecule has 14 heteroatoms. The third-order valence-corrected chi connectivity index (χ3v) is 6.18. The molecule has 1 aromatic heterocycles. The second kappa shape index (κ2) is 13.1. The number of anilines is 1. The summed E-state index contributed by atoms with van der Waals surface area (Å²) in [6.45, 7) is -0.461. The number of nitrogens with one attached hydrogen (secondary N) is 3.